The van der Waals surface area contributed by atoms with E-state index in [1.807, 2.05) is 0 Å². The second-order valence-electron chi connectivity index (χ2n) is 4.66. The zero-order valence-electron chi connectivity index (χ0n) is 11.9. The van der Waals surface area contributed by atoms with Crippen molar-refractivity contribution in [3.63, 3.8) is 0 Å². The van der Waals surface area contributed by atoms with E-state index in [9.17, 15) is 9.59 Å². The van der Waals surface area contributed by atoms with Crippen LogP contribution in [0, 0.1) is 11.8 Å². The van der Waals surface area contributed by atoms with Crippen LogP contribution in [0.1, 0.15) is 44.9 Å². The summed E-state index contributed by atoms with van der Waals surface area (Å²) in [5.74, 6) is 5.28. The maximum absolute atomic E-state index is 10.5. The molecule has 0 aromatic rings. The highest BCUT2D eigenvalue weighted by molar-refractivity contribution is 5.73. The first-order valence-corrected chi connectivity index (χ1v) is 6.88. The number of carbonyl (C=O) groups excluding carboxylic acids is 2. The highest BCUT2D eigenvalue weighted by Gasteiger charge is 2.04. The molecule has 6 nitrogen and oxygen atoms in total. The van der Waals surface area contributed by atoms with Crippen LogP contribution in [0.3, 0.4) is 0 Å². The number of ether oxygens (including phenoxy) is 1. The summed E-state index contributed by atoms with van der Waals surface area (Å²) in [7, 11) is 0. The Morgan fingerprint density at radius 1 is 1.00 bits per heavy atom. The predicted octanol–water partition coefficient (Wildman–Crippen LogP) is 0.0350. The molecule has 6 heteroatoms. The third-order valence-corrected chi connectivity index (χ3v) is 2.62. The highest BCUT2D eigenvalue weighted by Crippen LogP contribution is 2.01. The lowest BCUT2D eigenvalue weighted by atomic mass is 10.1. The topological polar surface area (TPSA) is 121 Å². The molecular formula is C14H25N3O3. The van der Waals surface area contributed by atoms with Gasteiger partial charge in [-0.3, -0.25) is 9.59 Å². The third-order valence-electron chi connectivity index (χ3n) is 2.62. The van der Waals surface area contributed by atoms with Crippen LogP contribution < -0.4 is 17.2 Å². The molecule has 0 heterocycles. The van der Waals surface area contributed by atoms with E-state index in [1.165, 1.54) is 0 Å². The minimum atomic E-state index is -0.350. The molecule has 2 amide bonds. The highest BCUT2D eigenvalue weighted by atomic mass is 16.5. The number of carbonyl (C=O) groups is 2. The Morgan fingerprint density at radius 3 is 2.35 bits per heavy atom. The molecule has 0 spiro atoms. The molecule has 0 rings (SSSR count). The quantitative estimate of drug-likeness (QED) is 0.366. The van der Waals surface area contributed by atoms with E-state index in [0.29, 0.717) is 26.1 Å². The smallest absolute Gasteiger partial charge is 0.217 e. The molecule has 0 aliphatic heterocycles. The van der Waals surface area contributed by atoms with E-state index in [4.69, 9.17) is 21.9 Å². The maximum Gasteiger partial charge on any atom is 0.217 e. The van der Waals surface area contributed by atoms with Crippen molar-refractivity contribution < 1.29 is 14.3 Å². The average Bonchev–Trinajstić information content (AvgIpc) is 2.38. The fourth-order valence-corrected chi connectivity index (χ4v) is 1.50. The van der Waals surface area contributed by atoms with Crippen LogP contribution in [0.2, 0.25) is 0 Å². The first kappa shape index (κ1) is 18.4. The number of unbranched alkanes of at least 4 members (excludes halogenated alkanes) is 3. The van der Waals surface area contributed by atoms with E-state index >= 15 is 0 Å². The van der Waals surface area contributed by atoms with Crippen LogP contribution in [0.25, 0.3) is 0 Å². The van der Waals surface area contributed by atoms with E-state index in [0.717, 1.165) is 25.7 Å². The molecule has 6 N–H and O–H groups in total. The van der Waals surface area contributed by atoms with Crippen molar-refractivity contribution in [3.8, 4) is 11.8 Å². The van der Waals surface area contributed by atoms with Gasteiger partial charge in [-0.15, -0.1) is 5.92 Å². The van der Waals surface area contributed by atoms with Gasteiger partial charge in [-0.05, 0) is 19.3 Å². The molecule has 0 saturated carbocycles. The maximum atomic E-state index is 10.5. The molecule has 0 unspecified atom stereocenters. The molecule has 20 heavy (non-hydrogen) atoms. The van der Waals surface area contributed by atoms with Crippen LogP contribution in [-0.2, 0) is 14.3 Å². The standard InChI is InChI=1S/C14H25N3O3/c15-12(8-9-14(17)19)11-20-10-6-4-2-1-3-5-7-13(16)18/h12H,1-3,5,7-11,15H2,(H2,16,18)(H2,17,19)/t12-/m0/s1. The van der Waals surface area contributed by atoms with Crippen LogP contribution in [0.5, 0.6) is 0 Å². The molecule has 0 aromatic carbocycles. The predicted molar refractivity (Wildman–Crippen MR) is 77.3 cm³/mol. The van der Waals surface area contributed by atoms with Gasteiger partial charge in [0.15, 0.2) is 0 Å². The van der Waals surface area contributed by atoms with Crippen LogP contribution in [0.4, 0.5) is 0 Å². The Labute approximate surface area is 120 Å². The number of rotatable bonds is 11. The lowest BCUT2D eigenvalue weighted by Crippen LogP contribution is -2.28. The lowest BCUT2D eigenvalue weighted by molar-refractivity contribution is -0.119. The molecule has 0 saturated heterocycles. The summed E-state index contributed by atoms with van der Waals surface area (Å²) in [6.45, 7) is 0.714. The summed E-state index contributed by atoms with van der Waals surface area (Å²) in [6.07, 6.45) is 4.77. The molecule has 0 fully saturated rings. The van der Waals surface area contributed by atoms with E-state index < -0.39 is 0 Å². The number of hydrogen-bond acceptors (Lipinski definition) is 4. The van der Waals surface area contributed by atoms with Gasteiger partial charge in [0.2, 0.25) is 11.8 Å². The minimum absolute atomic E-state index is 0.182. The fraction of sp³-hybridized carbons (Fsp3) is 0.714. The molecule has 0 aromatic heterocycles. The van der Waals surface area contributed by atoms with Crippen molar-refractivity contribution in [2.45, 2.75) is 51.0 Å². The van der Waals surface area contributed by atoms with Crippen LogP contribution in [-0.4, -0.2) is 31.1 Å². The monoisotopic (exact) mass is 283 g/mol. The Kier molecular flexibility index (Phi) is 11.5. The minimum Gasteiger partial charge on any atom is -0.370 e. The summed E-state index contributed by atoms with van der Waals surface area (Å²) in [6, 6.07) is -0.182. The Morgan fingerprint density at radius 2 is 1.70 bits per heavy atom. The van der Waals surface area contributed by atoms with Crippen molar-refractivity contribution >= 4 is 11.8 Å². The van der Waals surface area contributed by atoms with Crippen LogP contribution in [0.15, 0.2) is 0 Å². The molecule has 0 bridgehead atoms. The van der Waals surface area contributed by atoms with Gasteiger partial charge in [-0.1, -0.05) is 12.3 Å². The van der Waals surface area contributed by atoms with Crippen molar-refractivity contribution in [1.82, 2.24) is 0 Å². The summed E-state index contributed by atoms with van der Waals surface area (Å²) in [4.78, 5) is 21.0. The fourth-order valence-electron chi connectivity index (χ4n) is 1.50. The summed E-state index contributed by atoms with van der Waals surface area (Å²) in [5.41, 5.74) is 15.8. The summed E-state index contributed by atoms with van der Waals surface area (Å²) < 4.78 is 5.27. The van der Waals surface area contributed by atoms with Crippen molar-refractivity contribution in [3.05, 3.63) is 0 Å². The average molecular weight is 283 g/mol. The van der Waals surface area contributed by atoms with E-state index in [2.05, 4.69) is 11.8 Å². The zero-order valence-corrected chi connectivity index (χ0v) is 11.9. The normalized spacial score (nSPS) is 11.4. The molecule has 1 atom stereocenters. The Bertz CT molecular complexity index is 347. The third kappa shape index (κ3) is 14.5. The zero-order chi connectivity index (χ0) is 15.2. The molecule has 0 aliphatic carbocycles. The Hall–Kier alpha value is -1.58. The van der Waals surface area contributed by atoms with Gasteiger partial charge in [0.1, 0.15) is 6.61 Å². The largest absolute Gasteiger partial charge is 0.370 e. The first-order chi connectivity index (χ1) is 9.52. The molecule has 114 valence electrons. The van der Waals surface area contributed by atoms with Crippen molar-refractivity contribution in [2.24, 2.45) is 17.2 Å². The second kappa shape index (κ2) is 12.5. The summed E-state index contributed by atoms with van der Waals surface area (Å²) >= 11 is 0. The van der Waals surface area contributed by atoms with Gasteiger partial charge in [-0.25, -0.2) is 0 Å². The van der Waals surface area contributed by atoms with E-state index in [1.54, 1.807) is 0 Å². The molecule has 0 aliphatic rings. The number of nitrogens with two attached hydrogens (primary N) is 3. The van der Waals surface area contributed by atoms with Gasteiger partial charge in [0.25, 0.3) is 0 Å². The molecular weight excluding hydrogens is 258 g/mol. The summed E-state index contributed by atoms with van der Waals surface area (Å²) in [5, 5.41) is 0. The van der Waals surface area contributed by atoms with Gasteiger partial charge in [0, 0.05) is 25.3 Å². The number of primary amides is 2. The van der Waals surface area contributed by atoms with Crippen LogP contribution >= 0.6 is 0 Å². The van der Waals surface area contributed by atoms with E-state index in [-0.39, 0.29) is 24.3 Å². The number of hydrogen-bond donors (Lipinski definition) is 3. The van der Waals surface area contributed by atoms with Gasteiger partial charge >= 0.3 is 0 Å². The first-order valence-electron chi connectivity index (χ1n) is 6.88. The second-order valence-corrected chi connectivity index (χ2v) is 4.66. The SMILES string of the molecule is NC(=O)CCCCCC#CCOC[C@@H](N)CCC(N)=O. The molecule has 0 radical (unpaired) electrons. The van der Waals surface area contributed by atoms with Crippen molar-refractivity contribution in [2.75, 3.05) is 13.2 Å². The van der Waals surface area contributed by atoms with Gasteiger partial charge in [-0.2, -0.15) is 0 Å². The van der Waals surface area contributed by atoms with Gasteiger partial charge in [0.05, 0.1) is 6.61 Å². The Balaban J connectivity index is 3.36. The lowest BCUT2D eigenvalue weighted by Gasteiger charge is -2.08. The number of amides is 2. The van der Waals surface area contributed by atoms with Crippen molar-refractivity contribution in [1.29, 1.82) is 0 Å². The van der Waals surface area contributed by atoms with Gasteiger partial charge < -0.3 is 21.9 Å².